The first-order valence-electron chi connectivity index (χ1n) is 42.0. The number of benzene rings is 5. The minimum absolute atomic E-state index is 0. The Labute approximate surface area is 794 Å². The van der Waals surface area contributed by atoms with Gasteiger partial charge in [0.25, 0.3) is 5.91 Å². The van der Waals surface area contributed by atoms with E-state index in [9.17, 15) is 18.0 Å². The molecule has 124 heavy (non-hydrogen) atoms. The zero-order chi connectivity index (χ0) is 97.6. The van der Waals surface area contributed by atoms with Crippen molar-refractivity contribution in [3.8, 4) is 39.6 Å². The van der Waals surface area contributed by atoms with Gasteiger partial charge < -0.3 is 42.9 Å². The first kappa shape index (κ1) is 123. The number of aliphatic hydroxyl groups excluding tert-OH is 1. The Balaban J connectivity index is -0.000000335. The molecule has 0 saturated heterocycles. The molecule has 34 heteroatoms. The molecule has 0 radical (unpaired) electrons. The molecular formula is C90H154N19NaO8S6. The summed E-state index contributed by atoms with van der Waals surface area (Å²) < 4.78 is 42.6. The monoisotopic (exact) mass is 1850 g/mol. The van der Waals surface area contributed by atoms with Crippen LogP contribution in [0, 0.1) is 84.7 Å². The second kappa shape index (κ2) is 63.8. The number of hydrogen-bond donors (Lipinski definition) is 12. The average Bonchev–Trinajstić information content (AvgIpc) is 1.63. The number of H-pyrrole nitrogens is 1. The van der Waals surface area contributed by atoms with E-state index in [2.05, 4.69) is 271 Å². The number of aromatic nitrogens is 9. The molecule has 0 fully saturated rings. The summed E-state index contributed by atoms with van der Waals surface area (Å²) in [6.45, 7) is 69.0. The number of amides is 1. The second-order valence-electron chi connectivity index (χ2n) is 31.8. The van der Waals surface area contributed by atoms with E-state index >= 15 is 0 Å². The van der Waals surface area contributed by atoms with Crippen LogP contribution in [0.1, 0.15) is 328 Å². The van der Waals surface area contributed by atoms with Gasteiger partial charge in [0.05, 0.1) is 5.56 Å². The van der Waals surface area contributed by atoms with Crippen LogP contribution in [0.4, 0.5) is 0 Å². The molecule has 0 atom stereocenters. The zero-order valence-corrected chi connectivity index (χ0v) is 88.4. The van der Waals surface area contributed by atoms with Crippen molar-refractivity contribution in [1.29, 1.82) is 5.26 Å². The molecule has 694 valence electrons. The minimum Gasteiger partial charge on any atom is -0.553 e. The summed E-state index contributed by atoms with van der Waals surface area (Å²) in [5.41, 5.74) is 30.1. The largest absolute Gasteiger partial charge is 1.00 e. The van der Waals surface area contributed by atoms with Gasteiger partial charge in [-0.05, 0) is 337 Å². The number of nitrogens with two attached hydrogens (primary N) is 3. The Hall–Kier alpha value is -7.08. The number of carbonyl (C=O) groups is 2. The van der Waals surface area contributed by atoms with Crippen LogP contribution in [0.5, 0.6) is 0 Å². The maximum atomic E-state index is 12.3. The van der Waals surface area contributed by atoms with Gasteiger partial charge in [0.2, 0.25) is 15.0 Å². The number of hydrogen-bond acceptors (Lipinski definition) is 20. The van der Waals surface area contributed by atoms with Gasteiger partial charge in [-0.3, -0.25) is 46.1 Å². The van der Waals surface area contributed by atoms with Gasteiger partial charge >= 0.3 is 35.5 Å². The minimum atomic E-state index is -3.42. The Morgan fingerprint density at radius 2 is 0.863 bits per heavy atom. The van der Waals surface area contributed by atoms with Crippen molar-refractivity contribution in [1.82, 2.24) is 71.2 Å². The Bertz CT molecular complexity index is 4790. The number of thioether (sulfide) groups is 2. The van der Waals surface area contributed by atoms with Gasteiger partial charge in [0, 0.05) is 73.8 Å². The van der Waals surface area contributed by atoms with E-state index in [1.165, 1.54) is 97.7 Å². The second-order valence-corrected chi connectivity index (χ2v) is 37.0. The van der Waals surface area contributed by atoms with Gasteiger partial charge in [-0.15, -0.1) is 20.4 Å². The van der Waals surface area contributed by atoms with E-state index in [-0.39, 0.29) is 58.2 Å². The number of nitrogens with zero attached hydrogens (tertiary/aromatic N) is 9. The molecule has 5 aromatic carbocycles. The van der Waals surface area contributed by atoms with E-state index in [4.69, 9.17) is 59.6 Å². The number of thiocyanates is 1. The summed E-state index contributed by atoms with van der Waals surface area (Å²) in [5.74, 6) is 21.4. The third kappa shape index (κ3) is 41.3. The van der Waals surface area contributed by atoms with Crippen LogP contribution in [0.3, 0.4) is 0 Å². The summed E-state index contributed by atoms with van der Waals surface area (Å²) in [5, 5.41) is 64.7. The van der Waals surface area contributed by atoms with Crippen LogP contribution in [0.25, 0.3) is 40.1 Å². The molecule has 3 aromatic heterocycles. The molecule has 3 heterocycles. The maximum absolute atomic E-state index is 12.3. The quantitative estimate of drug-likeness (QED) is 0.00948. The van der Waals surface area contributed by atoms with E-state index in [0.29, 0.717) is 91.8 Å². The molecule has 8 rings (SSSR count). The number of aromatic carboxylic acids is 1. The summed E-state index contributed by atoms with van der Waals surface area (Å²) in [4.78, 5) is 23.2. The van der Waals surface area contributed by atoms with E-state index < -0.39 is 15.8 Å². The fourth-order valence-electron chi connectivity index (χ4n) is 12.8. The number of hydrazine groups is 3. The number of nitrogens with one attached hydrogen (secondary N) is 7. The van der Waals surface area contributed by atoms with E-state index in [1.807, 2.05) is 107 Å². The molecule has 0 aliphatic carbocycles. The number of aromatic amines is 1. The number of aliphatic hydroxyl groups is 1. The number of carboxylic acid groups (broad SMARTS) is 1. The first-order valence-corrected chi connectivity index (χ1v) is 45.5. The number of carboxylic acids is 1. The molecular weight excluding hydrogens is 1690 g/mol. The standard InChI is InChI=1S/C17H25N3O2S.C17H25N3S.C16H25N3OS.C16H23N3S.C12H16O2.C4H11N3S.C4H7NS.C2H6.CH4O.CH4.H4N2.H2NO.Na.H2O/c1-10(2)14-9-15(13(6)8-12(14)5)16-18-19-17(23(7,21)22)20(16)11(3)4;1-10(2)14-9-15(13(6)8-12(14)5)16-18-19-17(21-7)20(16)11(3)4;1-9(2)13-8-14(12(6)7-11(13)5)15(20)18-19-16(21)17-10(3)4;1-9(2)13-8-14(12(6)7-11(13)5)15-17-18-16(20)19(15)10(3)4;1-7(2)10-6-11(12(13)14)9(4)5-8(10)3;1-3(2)6-4(8)7-5;1-4(2)6-3-5;2*1-2;;2*1-2;;/h8-11H,1-7H3;8-11H,1-7H3;7-10H,1-6H3,(H,18,20)(H2,17,19,21);7-10H,1-6H3,(H,18,20);5-7H,1-4H3,(H,13,14);3H,5H2,1-2H3,(H2,6,7,8);4H,1-2H3;1-2H3;2H,1H3;1H4;1-2H2;1-2H;;1H2/q;;;;;;;;;;;-1;+1;/i;;;;;;;1D;;1T;;;;. The van der Waals surface area contributed by atoms with Crippen molar-refractivity contribution in [2.45, 2.75) is 318 Å². The molecule has 0 saturated carbocycles. The number of nitriles is 1. The molecule has 27 nitrogen and oxygen atoms in total. The summed E-state index contributed by atoms with van der Waals surface area (Å²) in [7, 11) is -1.17. The average molecular weight is 1850 g/mol. The SMILES string of the molecule is CC(C)NC(=S)NN.CC(C)SC#N.CO.CSc1nnc(-c2cc(C(C)C)c(C)cc2C)n1C(C)C.Cc1cc(C)c(C(C)C)cc1-c1n[nH]c(=S)n1C(C)C.Cc1cc(C)c(C(C)C)cc1-c1nnc(S(C)(=O)=O)n1C(C)C.Cc1cc(C)c(C(C)C)cc1C(=O)NNC(=S)NC(C)C.Cc1cc(C)c(C(C)C)cc1C(=O)O.NN.O.[2H]CC.[3H]C.[NH-]O.[Na+]. The Morgan fingerprint density at radius 1 is 0.548 bits per heavy atom. The molecule has 18 N–H and O–H groups in total. The Kier molecular flexibility index (Phi) is 63.4. The van der Waals surface area contributed by atoms with Gasteiger partial charge in [0.1, 0.15) is 5.40 Å². The number of thiocarbonyl (C=S) groups is 2. The predicted octanol–water partition coefficient (Wildman–Crippen LogP) is 17.7. The Morgan fingerprint density at radius 3 is 1.15 bits per heavy atom. The number of sulfone groups is 1. The fourth-order valence-corrected chi connectivity index (χ4v) is 15.3. The van der Waals surface area contributed by atoms with E-state index in [0.717, 1.165) is 51.7 Å². The third-order valence-corrected chi connectivity index (χ3v) is 20.9. The smallest absolute Gasteiger partial charge is 0.553 e. The van der Waals surface area contributed by atoms with Crippen molar-refractivity contribution in [3.63, 3.8) is 0 Å². The maximum Gasteiger partial charge on any atom is 1.00 e. The molecule has 8 aromatic rings. The van der Waals surface area contributed by atoms with E-state index in [1.54, 1.807) is 29.3 Å². The van der Waals surface area contributed by atoms with Crippen molar-refractivity contribution >= 4 is 92.1 Å². The van der Waals surface area contributed by atoms with Gasteiger partial charge in [0.15, 0.2) is 37.6 Å². The molecule has 0 spiro atoms. The van der Waals surface area contributed by atoms with Gasteiger partial charge in [-0.2, -0.15) is 10.4 Å². The van der Waals surface area contributed by atoms with Gasteiger partial charge in [-0.1, -0.05) is 146 Å². The normalized spacial score (nSPS) is 10.5. The summed E-state index contributed by atoms with van der Waals surface area (Å²) >= 11 is 18.1. The third-order valence-electron chi connectivity index (χ3n) is 18.0. The first-order chi connectivity index (χ1) is 57.7. The van der Waals surface area contributed by atoms with Crippen molar-refractivity contribution in [2.24, 2.45) is 17.5 Å². The van der Waals surface area contributed by atoms with Gasteiger partial charge in [-0.25, -0.2) is 19.1 Å². The van der Waals surface area contributed by atoms with Crippen LogP contribution in [0.15, 0.2) is 71.0 Å². The number of rotatable bonds is 18. The van der Waals surface area contributed by atoms with Crippen LogP contribution in [0.2, 0.25) is 0 Å². The molecule has 0 aliphatic rings. The fraction of sp³-hybridized carbons (Fsp3) is 0.544. The topological polar surface area (TPSA) is 441 Å². The van der Waals surface area contributed by atoms with Crippen LogP contribution in [-0.2, 0) is 9.84 Å². The van der Waals surface area contributed by atoms with Crippen LogP contribution in [-0.4, -0.2) is 133 Å². The number of aryl methyl sites for hydroxylation is 10. The van der Waals surface area contributed by atoms with Crippen molar-refractivity contribution in [2.75, 3.05) is 19.6 Å². The summed E-state index contributed by atoms with van der Waals surface area (Å²) in [6.07, 6.45) is 3.22. The molecule has 0 bridgehead atoms. The summed E-state index contributed by atoms with van der Waals surface area (Å²) in [6, 6.07) is 22.2. The zero-order valence-electron chi connectivity index (χ0n) is 83.5. The molecule has 0 unspecified atom stereocenters. The van der Waals surface area contributed by atoms with Crippen LogP contribution < -0.4 is 74.0 Å². The molecule has 0 aliphatic heterocycles. The van der Waals surface area contributed by atoms with Crippen molar-refractivity contribution in [3.05, 3.63) is 166 Å². The van der Waals surface area contributed by atoms with Crippen LogP contribution >= 0.6 is 60.2 Å². The molecule has 1 amide bonds. The number of carbonyl (C=O) groups excluding carboxylic acids is 1. The predicted molar refractivity (Wildman–Crippen MR) is 530 cm³/mol. The van der Waals surface area contributed by atoms with Crippen molar-refractivity contribution < 1.29 is 71.2 Å².